The van der Waals surface area contributed by atoms with Gasteiger partial charge in [0.05, 0.1) is 5.56 Å². The smallest absolute Gasteiger partial charge is 0.335 e. The van der Waals surface area contributed by atoms with Gasteiger partial charge in [-0.25, -0.2) is 9.78 Å². The summed E-state index contributed by atoms with van der Waals surface area (Å²) in [5.41, 5.74) is 2.19. The Morgan fingerprint density at radius 2 is 1.77 bits per heavy atom. The van der Waals surface area contributed by atoms with Crippen LogP contribution in [0.3, 0.4) is 0 Å². The quantitative estimate of drug-likeness (QED) is 0.596. The van der Waals surface area contributed by atoms with Crippen molar-refractivity contribution in [1.82, 2.24) is 4.98 Å². The first-order chi connectivity index (χ1) is 10.7. The molecule has 0 spiro atoms. The van der Waals surface area contributed by atoms with E-state index in [9.17, 15) is 4.79 Å². The number of oxazole rings is 1. The second-order valence-electron chi connectivity index (χ2n) is 5.07. The number of carboxylic acid groups (broad SMARTS) is 1. The maximum Gasteiger partial charge on any atom is 0.335 e. The summed E-state index contributed by atoms with van der Waals surface area (Å²) in [6, 6.07) is 18.7. The molecule has 4 nitrogen and oxygen atoms in total. The molecular formula is C18H11NO3. The van der Waals surface area contributed by atoms with Crippen molar-refractivity contribution in [2.24, 2.45) is 0 Å². The molecule has 106 valence electrons. The third-order valence-corrected chi connectivity index (χ3v) is 3.63. The number of hydrogen-bond acceptors (Lipinski definition) is 3. The molecule has 1 aromatic heterocycles. The molecule has 0 saturated heterocycles. The lowest BCUT2D eigenvalue weighted by molar-refractivity contribution is 0.0697. The number of aromatic carboxylic acids is 1. The van der Waals surface area contributed by atoms with Crippen LogP contribution in [0.25, 0.3) is 33.3 Å². The number of carboxylic acids is 1. The number of rotatable bonds is 2. The summed E-state index contributed by atoms with van der Waals surface area (Å²) in [4.78, 5) is 15.4. The number of carbonyl (C=O) groups is 1. The number of nitrogens with zero attached hydrogens (tertiary/aromatic N) is 1. The average molecular weight is 289 g/mol. The van der Waals surface area contributed by atoms with Crippen LogP contribution in [0.4, 0.5) is 0 Å². The van der Waals surface area contributed by atoms with Crippen molar-refractivity contribution >= 4 is 27.8 Å². The van der Waals surface area contributed by atoms with E-state index in [-0.39, 0.29) is 5.56 Å². The van der Waals surface area contributed by atoms with Gasteiger partial charge in [-0.1, -0.05) is 30.3 Å². The van der Waals surface area contributed by atoms with Crippen molar-refractivity contribution in [3.63, 3.8) is 0 Å². The van der Waals surface area contributed by atoms with Gasteiger partial charge in [-0.3, -0.25) is 0 Å². The molecule has 0 aliphatic carbocycles. The Balaban J connectivity index is 1.86. The van der Waals surface area contributed by atoms with E-state index in [0.29, 0.717) is 17.0 Å². The molecule has 0 radical (unpaired) electrons. The highest BCUT2D eigenvalue weighted by molar-refractivity contribution is 5.92. The van der Waals surface area contributed by atoms with Crippen LogP contribution in [0.5, 0.6) is 0 Å². The highest BCUT2D eigenvalue weighted by atomic mass is 16.4. The first kappa shape index (κ1) is 12.6. The largest absolute Gasteiger partial charge is 0.478 e. The van der Waals surface area contributed by atoms with E-state index in [2.05, 4.69) is 4.98 Å². The zero-order chi connectivity index (χ0) is 15.1. The van der Waals surface area contributed by atoms with Gasteiger partial charge < -0.3 is 9.52 Å². The first-order valence-electron chi connectivity index (χ1n) is 6.84. The highest BCUT2D eigenvalue weighted by Gasteiger charge is 2.11. The normalized spacial score (nSPS) is 11.1. The van der Waals surface area contributed by atoms with Crippen LogP contribution in [-0.4, -0.2) is 16.1 Å². The fraction of sp³-hybridized carbons (Fsp3) is 0. The summed E-state index contributed by atoms with van der Waals surface area (Å²) in [5.74, 6) is -0.486. The van der Waals surface area contributed by atoms with Gasteiger partial charge >= 0.3 is 5.97 Å². The van der Waals surface area contributed by atoms with Gasteiger partial charge in [-0.15, -0.1) is 0 Å². The number of aromatic nitrogens is 1. The third-order valence-electron chi connectivity index (χ3n) is 3.63. The summed E-state index contributed by atoms with van der Waals surface area (Å²) in [6.07, 6.45) is 0. The van der Waals surface area contributed by atoms with Gasteiger partial charge in [0.1, 0.15) is 5.52 Å². The van der Waals surface area contributed by atoms with Crippen LogP contribution >= 0.6 is 0 Å². The van der Waals surface area contributed by atoms with E-state index in [1.807, 2.05) is 42.5 Å². The van der Waals surface area contributed by atoms with E-state index in [0.717, 1.165) is 16.3 Å². The van der Waals surface area contributed by atoms with Gasteiger partial charge in [0.25, 0.3) is 0 Å². The van der Waals surface area contributed by atoms with E-state index in [4.69, 9.17) is 9.52 Å². The van der Waals surface area contributed by atoms with E-state index in [1.165, 1.54) is 12.1 Å². The molecule has 0 saturated carbocycles. The summed E-state index contributed by atoms with van der Waals surface area (Å²) < 4.78 is 5.73. The van der Waals surface area contributed by atoms with Crippen LogP contribution in [0.15, 0.2) is 65.1 Å². The zero-order valence-corrected chi connectivity index (χ0v) is 11.5. The van der Waals surface area contributed by atoms with E-state index in [1.54, 1.807) is 6.07 Å². The van der Waals surface area contributed by atoms with Crippen LogP contribution < -0.4 is 0 Å². The van der Waals surface area contributed by atoms with Crippen LogP contribution in [-0.2, 0) is 0 Å². The number of hydrogen-bond donors (Lipinski definition) is 1. The molecule has 0 aliphatic rings. The number of fused-ring (bicyclic) bond motifs is 2. The fourth-order valence-corrected chi connectivity index (χ4v) is 2.51. The molecule has 0 bridgehead atoms. The standard InChI is InChI=1S/C18H11NO3/c20-18(21)14-7-8-16-15(10-14)19-17(22-16)13-6-5-11-3-1-2-4-12(11)9-13/h1-10H,(H,20,21). The molecule has 4 aromatic rings. The monoisotopic (exact) mass is 289 g/mol. The second-order valence-corrected chi connectivity index (χ2v) is 5.07. The molecule has 0 aliphatic heterocycles. The topological polar surface area (TPSA) is 63.3 Å². The minimum atomic E-state index is -0.975. The highest BCUT2D eigenvalue weighted by Crippen LogP contribution is 2.27. The maximum absolute atomic E-state index is 11.0. The summed E-state index contributed by atoms with van der Waals surface area (Å²) in [7, 11) is 0. The maximum atomic E-state index is 11.0. The van der Waals surface area contributed by atoms with Crippen LogP contribution in [0.1, 0.15) is 10.4 Å². The van der Waals surface area contributed by atoms with Gasteiger partial charge in [0.15, 0.2) is 5.58 Å². The molecule has 4 rings (SSSR count). The second kappa shape index (κ2) is 4.70. The van der Waals surface area contributed by atoms with E-state index < -0.39 is 5.97 Å². The van der Waals surface area contributed by atoms with Gasteiger partial charge in [0, 0.05) is 5.56 Å². The van der Waals surface area contributed by atoms with Crippen molar-refractivity contribution in [3.8, 4) is 11.5 Å². The van der Waals surface area contributed by atoms with Crippen molar-refractivity contribution in [1.29, 1.82) is 0 Å². The lowest BCUT2D eigenvalue weighted by Crippen LogP contribution is -1.94. The summed E-state index contributed by atoms with van der Waals surface area (Å²) >= 11 is 0. The van der Waals surface area contributed by atoms with Crippen molar-refractivity contribution in [2.45, 2.75) is 0 Å². The van der Waals surface area contributed by atoms with E-state index >= 15 is 0 Å². The Bertz CT molecular complexity index is 1020. The predicted molar refractivity (Wildman–Crippen MR) is 83.9 cm³/mol. The molecule has 0 unspecified atom stereocenters. The lowest BCUT2D eigenvalue weighted by atomic mass is 10.1. The van der Waals surface area contributed by atoms with Gasteiger partial charge in [-0.2, -0.15) is 0 Å². The SMILES string of the molecule is O=C(O)c1ccc2oc(-c3ccc4ccccc4c3)nc2c1. The molecule has 3 aromatic carbocycles. The Labute approximate surface area is 125 Å². The van der Waals surface area contributed by atoms with Crippen LogP contribution in [0.2, 0.25) is 0 Å². The molecule has 0 atom stereocenters. The Morgan fingerprint density at radius 3 is 2.59 bits per heavy atom. The Morgan fingerprint density at radius 1 is 0.955 bits per heavy atom. The first-order valence-corrected chi connectivity index (χ1v) is 6.84. The number of benzene rings is 3. The van der Waals surface area contributed by atoms with Crippen molar-refractivity contribution in [2.75, 3.05) is 0 Å². The van der Waals surface area contributed by atoms with Crippen LogP contribution in [0, 0.1) is 0 Å². The molecule has 4 heteroatoms. The molecule has 0 amide bonds. The molecule has 1 heterocycles. The molecule has 1 N–H and O–H groups in total. The lowest BCUT2D eigenvalue weighted by Gasteiger charge is -1.99. The fourth-order valence-electron chi connectivity index (χ4n) is 2.51. The molecule has 22 heavy (non-hydrogen) atoms. The minimum Gasteiger partial charge on any atom is -0.478 e. The Hall–Kier alpha value is -3.14. The Kier molecular flexibility index (Phi) is 2.69. The predicted octanol–water partition coefficient (Wildman–Crippen LogP) is 4.35. The molecular weight excluding hydrogens is 278 g/mol. The van der Waals surface area contributed by atoms with Crippen molar-refractivity contribution in [3.05, 3.63) is 66.2 Å². The van der Waals surface area contributed by atoms with Gasteiger partial charge in [-0.05, 0) is 41.1 Å². The average Bonchev–Trinajstić information content (AvgIpc) is 2.97. The summed E-state index contributed by atoms with van der Waals surface area (Å²) in [6.45, 7) is 0. The van der Waals surface area contributed by atoms with Gasteiger partial charge in [0.2, 0.25) is 5.89 Å². The zero-order valence-electron chi connectivity index (χ0n) is 11.5. The minimum absolute atomic E-state index is 0.200. The molecule has 0 fully saturated rings. The summed E-state index contributed by atoms with van der Waals surface area (Å²) in [5, 5.41) is 11.3. The van der Waals surface area contributed by atoms with Crippen molar-refractivity contribution < 1.29 is 14.3 Å². The third kappa shape index (κ3) is 2.02.